The van der Waals surface area contributed by atoms with Gasteiger partial charge in [0, 0.05) is 20.0 Å². The van der Waals surface area contributed by atoms with Gasteiger partial charge < -0.3 is 4.90 Å². The van der Waals surface area contributed by atoms with E-state index in [0.717, 1.165) is 44.3 Å². The Hall–Kier alpha value is -2.37. The number of aromatic nitrogens is 3. The van der Waals surface area contributed by atoms with Crippen LogP contribution < -0.4 is 5.69 Å². The Balaban J connectivity index is 1.78. The molecule has 0 bridgehead atoms. The minimum Gasteiger partial charge on any atom is -0.337 e. The number of hydrogen-bond acceptors (Lipinski definition) is 3. The molecule has 0 saturated carbocycles. The lowest BCUT2D eigenvalue weighted by Crippen LogP contribution is -2.38. The van der Waals surface area contributed by atoms with E-state index in [9.17, 15) is 9.59 Å². The van der Waals surface area contributed by atoms with Gasteiger partial charge in [-0.25, -0.2) is 9.48 Å². The maximum Gasteiger partial charge on any atom is 0.346 e. The number of carbonyl (C=O) groups is 1. The molecule has 1 aliphatic carbocycles. The van der Waals surface area contributed by atoms with Crippen molar-refractivity contribution in [2.75, 3.05) is 7.05 Å². The van der Waals surface area contributed by atoms with Crippen molar-refractivity contribution in [1.29, 1.82) is 0 Å². The molecule has 0 fully saturated rings. The van der Waals surface area contributed by atoms with E-state index in [1.807, 2.05) is 20.0 Å². The molecule has 1 aromatic carbocycles. The standard InChI is InChI=1S/C21H30N4O2/c1-4-6-14-19-22-25(21(27)24(19)5-2)15-20(26)23(3)18-13-9-11-16-10-7-8-12-17(16)18/h7-8,10,12,18H,4-6,9,11,13-15H2,1-3H3/t18-/m1/s1. The second-order valence-corrected chi connectivity index (χ2v) is 7.32. The summed E-state index contributed by atoms with van der Waals surface area (Å²) in [5.41, 5.74) is 2.37. The van der Waals surface area contributed by atoms with Gasteiger partial charge in [-0.15, -0.1) is 0 Å². The third-order valence-corrected chi connectivity index (χ3v) is 5.55. The molecule has 1 amide bonds. The van der Waals surface area contributed by atoms with Gasteiger partial charge in [0.15, 0.2) is 0 Å². The van der Waals surface area contributed by atoms with E-state index in [0.29, 0.717) is 6.54 Å². The molecule has 0 saturated heterocycles. The summed E-state index contributed by atoms with van der Waals surface area (Å²) in [6, 6.07) is 8.42. The van der Waals surface area contributed by atoms with Crippen molar-refractivity contribution in [2.24, 2.45) is 0 Å². The van der Waals surface area contributed by atoms with Crippen LogP contribution in [0.3, 0.4) is 0 Å². The molecular formula is C21H30N4O2. The minimum atomic E-state index is -0.186. The molecule has 6 heteroatoms. The summed E-state index contributed by atoms with van der Waals surface area (Å²) < 4.78 is 3.01. The van der Waals surface area contributed by atoms with Crippen LogP contribution in [0.15, 0.2) is 29.1 Å². The van der Waals surface area contributed by atoms with E-state index >= 15 is 0 Å². The largest absolute Gasteiger partial charge is 0.346 e. The molecule has 146 valence electrons. The van der Waals surface area contributed by atoms with E-state index in [1.165, 1.54) is 15.8 Å². The predicted molar refractivity (Wildman–Crippen MR) is 106 cm³/mol. The molecule has 27 heavy (non-hydrogen) atoms. The van der Waals surface area contributed by atoms with Crippen LogP contribution in [0.1, 0.15) is 62.5 Å². The quantitative estimate of drug-likeness (QED) is 0.753. The highest BCUT2D eigenvalue weighted by atomic mass is 16.2. The zero-order valence-corrected chi connectivity index (χ0v) is 16.6. The van der Waals surface area contributed by atoms with E-state index in [4.69, 9.17) is 0 Å². The van der Waals surface area contributed by atoms with Gasteiger partial charge in [-0.1, -0.05) is 37.6 Å². The Bertz CT molecular complexity index is 852. The second-order valence-electron chi connectivity index (χ2n) is 7.32. The third-order valence-electron chi connectivity index (χ3n) is 5.55. The first kappa shape index (κ1) is 19.4. The van der Waals surface area contributed by atoms with Crippen molar-refractivity contribution in [3.63, 3.8) is 0 Å². The first-order valence-corrected chi connectivity index (χ1v) is 10.1. The van der Waals surface area contributed by atoms with Crippen molar-refractivity contribution < 1.29 is 4.79 Å². The summed E-state index contributed by atoms with van der Waals surface area (Å²) >= 11 is 0. The maximum absolute atomic E-state index is 12.9. The van der Waals surface area contributed by atoms with Crippen molar-refractivity contribution in [2.45, 2.75) is 71.5 Å². The SMILES string of the molecule is CCCCc1nn(CC(=O)N(C)[C@@H]2CCCc3ccccc32)c(=O)n1CC. The third kappa shape index (κ3) is 3.99. The smallest absolute Gasteiger partial charge is 0.337 e. The van der Waals surface area contributed by atoms with Gasteiger partial charge in [-0.3, -0.25) is 9.36 Å². The fourth-order valence-electron chi connectivity index (χ4n) is 3.97. The Morgan fingerprint density at radius 2 is 2.07 bits per heavy atom. The molecule has 3 rings (SSSR count). The molecular weight excluding hydrogens is 340 g/mol. The molecule has 1 heterocycles. The molecule has 0 unspecified atom stereocenters. The lowest BCUT2D eigenvalue weighted by molar-refractivity contribution is -0.133. The molecule has 1 aliphatic rings. The molecule has 2 aromatic rings. The highest BCUT2D eigenvalue weighted by Gasteiger charge is 2.27. The van der Waals surface area contributed by atoms with Gasteiger partial charge in [0.05, 0.1) is 6.04 Å². The topological polar surface area (TPSA) is 60.1 Å². The highest BCUT2D eigenvalue weighted by Crippen LogP contribution is 2.33. The Morgan fingerprint density at radius 1 is 1.30 bits per heavy atom. The molecule has 0 spiro atoms. The van der Waals surface area contributed by atoms with Crippen LogP contribution in [0.25, 0.3) is 0 Å². The zero-order chi connectivity index (χ0) is 19.4. The van der Waals surface area contributed by atoms with Crippen molar-refractivity contribution >= 4 is 5.91 Å². The van der Waals surface area contributed by atoms with E-state index in [-0.39, 0.29) is 24.2 Å². The van der Waals surface area contributed by atoms with Gasteiger partial charge in [0.1, 0.15) is 12.4 Å². The average Bonchev–Trinajstić information content (AvgIpc) is 2.99. The van der Waals surface area contributed by atoms with Gasteiger partial charge >= 0.3 is 5.69 Å². The van der Waals surface area contributed by atoms with Gasteiger partial charge in [-0.05, 0) is 43.7 Å². The first-order valence-electron chi connectivity index (χ1n) is 10.1. The molecule has 0 radical (unpaired) electrons. The summed E-state index contributed by atoms with van der Waals surface area (Å²) in [6.45, 7) is 4.64. The molecule has 0 aliphatic heterocycles. The predicted octanol–water partition coefficient (Wildman–Crippen LogP) is 2.94. The van der Waals surface area contributed by atoms with Crippen LogP contribution in [0.2, 0.25) is 0 Å². The molecule has 1 aromatic heterocycles. The summed E-state index contributed by atoms with van der Waals surface area (Å²) in [4.78, 5) is 27.3. The van der Waals surface area contributed by atoms with Gasteiger partial charge in [0.25, 0.3) is 0 Å². The van der Waals surface area contributed by atoms with Crippen LogP contribution in [-0.2, 0) is 30.7 Å². The zero-order valence-electron chi connectivity index (χ0n) is 16.6. The minimum absolute atomic E-state index is 0.000124. The fraction of sp³-hybridized carbons (Fsp3) is 0.571. The fourth-order valence-corrected chi connectivity index (χ4v) is 3.97. The Labute approximate surface area is 160 Å². The monoisotopic (exact) mass is 370 g/mol. The molecule has 6 nitrogen and oxygen atoms in total. The number of unbranched alkanes of at least 4 members (excludes halogenated alkanes) is 1. The Kier molecular flexibility index (Phi) is 6.14. The van der Waals surface area contributed by atoms with E-state index in [2.05, 4.69) is 30.2 Å². The number of aryl methyl sites for hydroxylation is 2. The van der Waals surface area contributed by atoms with Crippen LogP contribution in [0.4, 0.5) is 0 Å². The number of amides is 1. The number of nitrogens with zero attached hydrogens (tertiary/aromatic N) is 4. The normalized spacial score (nSPS) is 16.2. The summed E-state index contributed by atoms with van der Waals surface area (Å²) in [5.74, 6) is 0.712. The van der Waals surface area contributed by atoms with Gasteiger partial charge in [-0.2, -0.15) is 5.10 Å². The number of likely N-dealkylation sites (N-methyl/N-ethyl adjacent to an activating group) is 1. The number of benzene rings is 1. The maximum atomic E-state index is 12.9. The van der Waals surface area contributed by atoms with Crippen LogP contribution in [0.5, 0.6) is 0 Å². The summed E-state index contributed by atoms with van der Waals surface area (Å²) in [6.07, 6.45) is 5.91. The van der Waals surface area contributed by atoms with Crippen LogP contribution >= 0.6 is 0 Å². The second kappa shape index (κ2) is 8.55. The Morgan fingerprint density at radius 3 is 2.81 bits per heavy atom. The van der Waals surface area contributed by atoms with Gasteiger partial charge in [0.2, 0.25) is 5.91 Å². The average molecular weight is 370 g/mol. The number of hydrogen-bond donors (Lipinski definition) is 0. The van der Waals surface area contributed by atoms with E-state index in [1.54, 1.807) is 9.47 Å². The van der Waals surface area contributed by atoms with Crippen LogP contribution in [0, 0.1) is 0 Å². The molecule has 0 N–H and O–H groups in total. The molecule has 1 atom stereocenters. The number of fused-ring (bicyclic) bond motifs is 1. The number of rotatable bonds is 7. The first-order chi connectivity index (χ1) is 13.1. The van der Waals surface area contributed by atoms with E-state index < -0.39 is 0 Å². The van der Waals surface area contributed by atoms with Crippen molar-refractivity contribution in [3.8, 4) is 0 Å². The van der Waals surface area contributed by atoms with Crippen molar-refractivity contribution in [3.05, 3.63) is 51.7 Å². The number of carbonyl (C=O) groups excluding carboxylic acids is 1. The summed E-state index contributed by atoms with van der Waals surface area (Å²) in [5, 5.41) is 4.45. The van der Waals surface area contributed by atoms with Crippen LogP contribution in [-0.4, -0.2) is 32.2 Å². The summed E-state index contributed by atoms with van der Waals surface area (Å²) in [7, 11) is 1.84. The van der Waals surface area contributed by atoms with Crippen molar-refractivity contribution in [1.82, 2.24) is 19.2 Å². The highest BCUT2D eigenvalue weighted by molar-refractivity contribution is 5.76. The lowest BCUT2D eigenvalue weighted by Gasteiger charge is -2.33. The lowest BCUT2D eigenvalue weighted by atomic mass is 9.87.